The lowest BCUT2D eigenvalue weighted by Gasteiger charge is -2.57. The Hall–Kier alpha value is -3.97. The summed E-state index contributed by atoms with van der Waals surface area (Å²) in [5, 5.41) is 9.43. The monoisotopic (exact) mass is 686 g/mol. The number of benzene rings is 3. The van der Waals surface area contributed by atoms with Crippen LogP contribution in [0.1, 0.15) is 60.0 Å². The van der Waals surface area contributed by atoms with Gasteiger partial charge in [0.25, 0.3) is 10.0 Å². The van der Waals surface area contributed by atoms with Crippen LogP contribution in [-0.4, -0.2) is 31.6 Å². The van der Waals surface area contributed by atoms with Crippen molar-refractivity contribution in [3.63, 3.8) is 0 Å². The molecule has 0 amide bonds. The largest absolute Gasteiger partial charge is 0.495 e. The Balaban J connectivity index is 1.16. The van der Waals surface area contributed by atoms with Gasteiger partial charge >= 0.3 is 12.1 Å². The van der Waals surface area contributed by atoms with Crippen LogP contribution in [0, 0.1) is 23.6 Å². The van der Waals surface area contributed by atoms with Gasteiger partial charge in [0.1, 0.15) is 16.6 Å². The predicted octanol–water partition coefficient (Wildman–Crippen LogP) is 8.61. The van der Waals surface area contributed by atoms with Gasteiger partial charge in [0.2, 0.25) is 0 Å². The zero-order chi connectivity index (χ0) is 33.3. The van der Waals surface area contributed by atoms with Crippen molar-refractivity contribution < 1.29 is 40.6 Å². The smallest absolute Gasteiger partial charge is 0.417 e. The number of carbonyl (C=O) groups is 1. The van der Waals surface area contributed by atoms with E-state index in [4.69, 9.17) is 9.84 Å². The number of hydrogen-bond acceptors (Lipinski definition) is 6. The number of aromatic nitrogens is 1. The molecule has 1 aromatic heterocycles. The molecule has 4 bridgehead atoms. The Morgan fingerprint density at radius 3 is 2.17 bits per heavy atom. The number of aromatic carboxylic acids is 1. The number of hydrogen-bond donors (Lipinski definition) is 2. The lowest BCUT2D eigenvalue weighted by Crippen LogP contribution is -2.48. The molecule has 1 heterocycles. The Bertz CT molecular complexity index is 1950. The number of nitrogens with zero attached hydrogens (tertiary/aromatic N) is 1. The first kappa shape index (κ1) is 31.6. The number of methoxy groups -OCH3 is 1. The minimum atomic E-state index is -4.76. The highest BCUT2D eigenvalue weighted by atomic mass is 32.2. The van der Waals surface area contributed by atoms with Crippen molar-refractivity contribution in [2.24, 2.45) is 17.8 Å². The number of carboxylic acids is 1. The average Bonchev–Trinajstić information content (AvgIpc) is 3.51. The standard InChI is InChI=1S/C34H30F4N2O5S2/c1-45-29-12-25(32(41)42)27(35)13-28(29)40-47(43,44)30-17-46-31(39-30)24-7-4-22(11-26(24)34(36,37)38)21-2-5-23(6-3-21)33-14-18-8-19(15-33)10-20(9-18)16-33/h2-7,11-13,17-20,40H,8-10,14-16H2,1H3,(H,41,42). The summed E-state index contributed by atoms with van der Waals surface area (Å²) < 4.78 is 90.9. The summed E-state index contributed by atoms with van der Waals surface area (Å²) >= 11 is 0.707. The Labute approximate surface area is 272 Å². The van der Waals surface area contributed by atoms with Crippen LogP contribution in [0.5, 0.6) is 5.75 Å². The molecule has 3 aromatic carbocycles. The van der Waals surface area contributed by atoms with Crippen molar-refractivity contribution in [2.45, 2.75) is 55.1 Å². The summed E-state index contributed by atoms with van der Waals surface area (Å²) in [4.78, 5) is 15.2. The molecule has 0 unspecified atom stereocenters. The molecule has 47 heavy (non-hydrogen) atoms. The molecular formula is C34H30F4N2O5S2. The summed E-state index contributed by atoms with van der Waals surface area (Å²) in [6.45, 7) is 0. The molecule has 4 aliphatic carbocycles. The number of alkyl halides is 3. The van der Waals surface area contributed by atoms with E-state index < -0.39 is 49.8 Å². The van der Waals surface area contributed by atoms with E-state index in [1.807, 2.05) is 12.1 Å². The molecule has 246 valence electrons. The molecular weight excluding hydrogens is 657 g/mol. The van der Waals surface area contributed by atoms with Crippen LogP contribution in [0.15, 0.2) is 65.0 Å². The van der Waals surface area contributed by atoms with E-state index in [0.29, 0.717) is 28.5 Å². The molecule has 0 saturated heterocycles. The third-order valence-electron chi connectivity index (χ3n) is 9.95. The van der Waals surface area contributed by atoms with Gasteiger partial charge in [0, 0.05) is 17.0 Å². The van der Waals surface area contributed by atoms with E-state index in [9.17, 15) is 30.8 Å². The minimum absolute atomic E-state index is 0.174. The molecule has 4 saturated carbocycles. The Kier molecular flexibility index (Phi) is 7.62. The quantitative estimate of drug-likeness (QED) is 0.180. The second-order valence-corrected chi connectivity index (χ2v) is 15.5. The molecule has 13 heteroatoms. The average molecular weight is 687 g/mol. The van der Waals surface area contributed by atoms with E-state index in [0.717, 1.165) is 42.4 Å². The third-order valence-corrected chi connectivity index (χ3v) is 12.2. The van der Waals surface area contributed by atoms with Crippen molar-refractivity contribution in [1.82, 2.24) is 4.98 Å². The number of rotatable bonds is 8. The number of carboxylic acid groups (broad SMARTS) is 1. The van der Waals surface area contributed by atoms with Gasteiger partial charge in [-0.1, -0.05) is 36.4 Å². The number of anilines is 1. The van der Waals surface area contributed by atoms with Crippen LogP contribution >= 0.6 is 11.3 Å². The molecule has 4 aromatic rings. The first-order chi connectivity index (χ1) is 22.2. The maximum absolute atomic E-state index is 14.4. The van der Waals surface area contributed by atoms with Crippen LogP contribution in [0.4, 0.5) is 23.2 Å². The highest BCUT2D eigenvalue weighted by Gasteiger charge is 2.51. The van der Waals surface area contributed by atoms with Crippen LogP contribution in [0.3, 0.4) is 0 Å². The molecule has 4 fully saturated rings. The van der Waals surface area contributed by atoms with E-state index in [1.54, 1.807) is 6.07 Å². The van der Waals surface area contributed by atoms with Crippen molar-refractivity contribution >= 4 is 33.0 Å². The van der Waals surface area contributed by atoms with Crippen LogP contribution in [0.2, 0.25) is 0 Å². The van der Waals surface area contributed by atoms with Crippen LogP contribution < -0.4 is 9.46 Å². The predicted molar refractivity (Wildman–Crippen MR) is 169 cm³/mol. The lowest BCUT2D eigenvalue weighted by atomic mass is 9.48. The first-order valence-electron chi connectivity index (χ1n) is 15.2. The van der Waals surface area contributed by atoms with Crippen LogP contribution in [0.25, 0.3) is 21.7 Å². The first-order valence-corrected chi connectivity index (χ1v) is 17.5. The second kappa shape index (κ2) is 11.3. The molecule has 0 radical (unpaired) electrons. The Morgan fingerprint density at radius 2 is 1.60 bits per heavy atom. The summed E-state index contributed by atoms with van der Waals surface area (Å²) in [5.41, 5.74) is 0.0951. The number of nitrogens with one attached hydrogen (secondary N) is 1. The topological polar surface area (TPSA) is 106 Å². The number of sulfonamides is 1. The lowest BCUT2D eigenvalue weighted by molar-refractivity contribution is -0.137. The minimum Gasteiger partial charge on any atom is -0.495 e. The molecule has 0 spiro atoms. The summed E-state index contributed by atoms with van der Waals surface area (Å²) in [7, 11) is -3.39. The highest BCUT2D eigenvalue weighted by Crippen LogP contribution is 2.60. The molecule has 0 aliphatic heterocycles. The summed E-state index contributed by atoms with van der Waals surface area (Å²) in [6, 6.07) is 13.3. The number of ether oxygens (including phenoxy) is 1. The molecule has 7 nitrogen and oxygen atoms in total. The molecule has 0 atom stereocenters. The van der Waals surface area contributed by atoms with Gasteiger partial charge in [0.15, 0.2) is 5.03 Å². The van der Waals surface area contributed by atoms with Gasteiger partial charge in [-0.25, -0.2) is 14.2 Å². The number of halogens is 4. The third kappa shape index (κ3) is 5.77. The van der Waals surface area contributed by atoms with E-state index in [1.165, 1.54) is 50.2 Å². The van der Waals surface area contributed by atoms with Gasteiger partial charge in [0.05, 0.1) is 23.9 Å². The van der Waals surface area contributed by atoms with Crippen molar-refractivity contribution in [2.75, 3.05) is 11.8 Å². The molecule has 2 N–H and O–H groups in total. The zero-order valence-electron chi connectivity index (χ0n) is 25.1. The zero-order valence-corrected chi connectivity index (χ0v) is 26.7. The highest BCUT2D eigenvalue weighted by molar-refractivity contribution is 7.92. The van der Waals surface area contributed by atoms with Crippen molar-refractivity contribution in [3.8, 4) is 27.4 Å². The van der Waals surface area contributed by atoms with Gasteiger partial charge in [-0.3, -0.25) is 4.72 Å². The van der Waals surface area contributed by atoms with E-state index in [2.05, 4.69) is 21.8 Å². The fourth-order valence-electron chi connectivity index (χ4n) is 8.29. The van der Waals surface area contributed by atoms with Crippen molar-refractivity contribution in [1.29, 1.82) is 0 Å². The van der Waals surface area contributed by atoms with Gasteiger partial charge in [-0.15, -0.1) is 11.3 Å². The summed E-state index contributed by atoms with van der Waals surface area (Å²) in [5.74, 6) is -0.750. The van der Waals surface area contributed by atoms with E-state index in [-0.39, 0.29) is 21.7 Å². The summed E-state index contributed by atoms with van der Waals surface area (Å²) in [6.07, 6.45) is 2.78. The van der Waals surface area contributed by atoms with Crippen molar-refractivity contribution in [3.05, 3.63) is 82.5 Å². The maximum Gasteiger partial charge on any atom is 0.417 e. The SMILES string of the molecule is COc1cc(C(=O)O)c(F)cc1NS(=O)(=O)c1csc(-c2ccc(-c3ccc(C45CC6CC(CC(C6)C4)C5)cc3)cc2C(F)(F)F)n1. The normalized spacial score (nSPS) is 23.6. The van der Waals surface area contributed by atoms with E-state index >= 15 is 0 Å². The van der Waals surface area contributed by atoms with Gasteiger partial charge in [-0.05, 0) is 90.5 Å². The molecule has 8 rings (SSSR count). The van der Waals surface area contributed by atoms with Gasteiger partial charge in [-0.2, -0.15) is 21.6 Å². The second-order valence-electron chi connectivity index (χ2n) is 13.0. The fourth-order valence-corrected chi connectivity index (χ4v) is 10.5. The maximum atomic E-state index is 14.4. The fraction of sp³-hybridized carbons (Fsp3) is 0.353. The number of thiazole rings is 1. The van der Waals surface area contributed by atoms with Gasteiger partial charge < -0.3 is 9.84 Å². The van der Waals surface area contributed by atoms with Crippen LogP contribution in [-0.2, 0) is 21.6 Å². The molecule has 4 aliphatic rings. The Morgan fingerprint density at radius 1 is 0.979 bits per heavy atom.